The van der Waals surface area contributed by atoms with E-state index in [4.69, 9.17) is 0 Å². The fourth-order valence-electron chi connectivity index (χ4n) is 2.56. The van der Waals surface area contributed by atoms with Crippen LogP contribution in [0.5, 0.6) is 0 Å². The van der Waals surface area contributed by atoms with E-state index in [9.17, 15) is 18.3 Å². The van der Waals surface area contributed by atoms with E-state index >= 15 is 0 Å². The van der Waals surface area contributed by atoms with Gasteiger partial charge in [-0.1, -0.05) is 6.92 Å². The molecule has 0 bridgehead atoms. The third kappa shape index (κ3) is 3.11. The Morgan fingerprint density at radius 2 is 2.10 bits per heavy atom. The highest BCUT2D eigenvalue weighted by atomic mass is 32.2. The van der Waals surface area contributed by atoms with Crippen molar-refractivity contribution in [1.82, 2.24) is 9.71 Å². The molecule has 0 radical (unpaired) electrons. The van der Waals surface area contributed by atoms with Gasteiger partial charge >= 0.3 is 0 Å². The van der Waals surface area contributed by atoms with E-state index in [-0.39, 0.29) is 11.5 Å². The SMILES string of the molecule is CC1CCC(CO)(NS(=O)(=O)c2c[nH]ccc2=O)CC1. The van der Waals surface area contributed by atoms with Crippen LogP contribution in [0, 0.1) is 5.92 Å². The largest absolute Gasteiger partial charge is 0.394 e. The zero-order valence-electron chi connectivity index (χ0n) is 11.4. The average molecular weight is 300 g/mol. The summed E-state index contributed by atoms with van der Waals surface area (Å²) in [7, 11) is -3.93. The summed E-state index contributed by atoms with van der Waals surface area (Å²) in [6, 6.07) is 1.17. The predicted octanol–water partition coefficient (Wildman–Crippen LogP) is 0.594. The van der Waals surface area contributed by atoms with Crippen molar-refractivity contribution in [1.29, 1.82) is 0 Å². The van der Waals surface area contributed by atoms with Crippen LogP contribution in [0.2, 0.25) is 0 Å². The number of aliphatic hydroxyl groups excluding tert-OH is 1. The fourth-order valence-corrected chi connectivity index (χ4v) is 4.06. The Morgan fingerprint density at radius 3 is 2.65 bits per heavy atom. The minimum atomic E-state index is -3.93. The van der Waals surface area contributed by atoms with Crippen molar-refractivity contribution in [2.45, 2.75) is 43.0 Å². The Balaban J connectivity index is 2.27. The van der Waals surface area contributed by atoms with Crippen molar-refractivity contribution < 1.29 is 13.5 Å². The first-order valence-corrected chi connectivity index (χ1v) is 8.19. The molecule has 1 aliphatic carbocycles. The van der Waals surface area contributed by atoms with E-state index in [1.165, 1.54) is 18.5 Å². The van der Waals surface area contributed by atoms with Crippen molar-refractivity contribution in [2.24, 2.45) is 5.92 Å². The van der Waals surface area contributed by atoms with Crippen LogP contribution < -0.4 is 10.2 Å². The lowest BCUT2D eigenvalue weighted by Gasteiger charge is -2.38. The van der Waals surface area contributed by atoms with Crippen LogP contribution in [-0.4, -0.2) is 30.7 Å². The third-order valence-electron chi connectivity index (χ3n) is 3.96. The Bertz CT molecular complexity index is 615. The van der Waals surface area contributed by atoms with E-state index < -0.39 is 21.0 Å². The van der Waals surface area contributed by atoms with Gasteiger partial charge in [-0.25, -0.2) is 13.1 Å². The van der Waals surface area contributed by atoms with Gasteiger partial charge in [0.1, 0.15) is 4.90 Å². The fraction of sp³-hybridized carbons (Fsp3) is 0.615. The van der Waals surface area contributed by atoms with Gasteiger partial charge in [0.2, 0.25) is 15.5 Å². The molecule has 0 atom stereocenters. The van der Waals surface area contributed by atoms with Crippen molar-refractivity contribution in [3.05, 3.63) is 28.7 Å². The molecule has 0 amide bonds. The van der Waals surface area contributed by atoms with Crippen LogP contribution in [0.25, 0.3) is 0 Å². The molecule has 0 unspecified atom stereocenters. The summed E-state index contributed by atoms with van der Waals surface area (Å²) in [6.07, 6.45) is 5.42. The lowest BCUT2D eigenvalue weighted by molar-refractivity contribution is 0.125. The summed E-state index contributed by atoms with van der Waals surface area (Å²) in [4.78, 5) is 13.9. The molecule has 0 saturated heterocycles. The second-order valence-electron chi connectivity index (χ2n) is 5.60. The van der Waals surface area contributed by atoms with Crippen LogP contribution >= 0.6 is 0 Å². The standard InChI is InChI=1S/C13H20N2O4S/c1-10-2-5-13(9-16,6-3-10)15-20(18,19)12-8-14-7-4-11(12)17/h4,7-8,10,15-16H,2-3,5-6,9H2,1H3,(H,14,17). The molecule has 112 valence electrons. The molecule has 6 nitrogen and oxygen atoms in total. The zero-order valence-corrected chi connectivity index (χ0v) is 12.2. The first-order chi connectivity index (χ1) is 9.38. The van der Waals surface area contributed by atoms with Gasteiger partial charge in [-0.05, 0) is 31.6 Å². The highest BCUT2D eigenvalue weighted by molar-refractivity contribution is 7.89. The highest BCUT2D eigenvalue weighted by Crippen LogP contribution is 2.32. The van der Waals surface area contributed by atoms with E-state index in [1.807, 2.05) is 0 Å². The maximum absolute atomic E-state index is 12.3. The molecule has 1 aliphatic rings. The highest BCUT2D eigenvalue weighted by Gasteiger charge is 2.38. The van der Waals surface area contributed by atoms with Crippen LogP contribution in [-0.2, 0) is 10.0 Å². The molecule has 7 heteroatoms. The number of aromatic amines is 1. The number of sulfonamides is 1. The zero-order chi connectivity index (χ0) is 14.8. The molecule has 1 aromatic rings. The first kappa shape index (κ1) is 15.2. The Morgan fingerprint density at radius 1 is 1.45 bits per heavy atom. The first-order valence-electron chi connectivity index (χ1n) is 6.70. The number of rotatable bonds is 4. The number of nitrogens with one attached hydrogen (secondary N) is 2. The van der Waals surface area contributed by atoms with Crippen molar-refractivity contribution in [3.8, 4) is 0 Å². The molecule has 2 rings (SSSR count). The summed E-state index contributed by atoms with van der Waals surface area (Å²) in [5.74, 6) is 0.527. The van der Waals surface area contributed by atoms with Gasteiger partial charge in [0, 0.05) is 18.5 Å². The van der Waals surface area contributed by atoms with E-state index in [0.29, 0.717) is 18.8 Å². The van der Waals surface area contributed by atoms with Gasteiger partial charge in [0.05, 0.1) is 12.1 Å². The number of aliphatic hydroxyl groups is 1. The molecule has 1 saturated carbocycles. The van der Waals surface area contributed by atoms with Gasteiger partial charge < -0.3 is 10.1 Å². The van der Waals surface area contributed by atoms with Crippen LogP contribution in [0.4, 0.5) is 0 Å². The minimum absolute atomic E-state index is 0.260. The molecule has 0 aromatic carbocycles. The molecule has 20 heavy (non-hydrogen) atoms. The number of aromatic nitrogens is 1. The molecule has 1 heterocycles. The molecule has 3 N–H and O–H groups in total. The lowest BCUT2D eigenvalue weighted by Crippen LogP contribution is -2.53. The summed E-state index contributed by atoms with van der Waals surface area (Å²) in [6.45, 7) is 1.85. The summed E-state index contributed by atoms with van der Waals surface area (Å²) in [5, 5.41) is 9.59. The van der Waals surface area contributed by atoms with E-state index in [1.54, 1.807) is 0 Å². The second kappa shape index (κ2) is 5.67. The maximum atomic E-state index is 12.3. The van der Waals surface area contributed by atoms with Gasteiger partial charge in [0.15, 0.2) is 0 Å². The Kier molecular flexibility index (Phi) is 4.31. The van der Waals surface area contributed by atoms with Gasteiger partial charge in [-0.15, -0.1) is 0 Å². The van der Waals surface area contributed by atoms with E-state index in [0.717, 1.165) is 12.8 Å². The number of H-pyrrole nitrogens is 1. The quantitative estimate of drug-likeness (QED) is 0.758. The van der Waals surface area contributed by atoms with Crippen molar-refractivity contribution >= 4 is 10.0 Å². The maximum Gasteiger partial charge on any atom is 0.246 e. The Labute approximate surface area is 118 Å². The van der Waals surface area contributed by atoms with Gasteiger partial charge in [-0.2, -0.15) is 0 Å². The summed E-state index contributed by atoms with van der Waals surface area (Å²) >= 11 is 0. The number of pyridine rings is 1. The summed E-state index contributed by atoms with van der Waals surface area (Å²) < 4.78 is 27.2. The smallest absolute Gasteiger partial charge is 0.246 e. The molecule has 1 fully saturated rings. The Hall–Kier alpha value is -1.18. The predicted molar refractivity (Wildman–Crippen MR) is 74.8 cm³/mol. The minimum Gasteiger partial charge on any atom is -0.394 e. The molecule has 1 aromatic heterocycles. The topological polar surface area (TPSA) is 99.3 Å². The number of hydrogen-bond donors (Lipinski definition) is 3. The second-order valence-corrected chi connectivity index (χ2v) is 7.25. The molecular formula is C13H20N2O4S. The third-order valence-corrected chi connectivity index (χ3v) is 5.56. The molecule has 0 spiro atoms. The van der Waals surface area contributed by atoms with Gasteiger partial charge in [-0.3, -0.25) is 4.79 Å². The van der Waals surface area contributed by atoms with Crippen LogP contribution in [0.3, 0.4) is 0 Å². The van der Waals surface area contributed by atoms with Gasteiger partial charge in [0.25, 0.3) is 0 Å². The summed E-state index contributed by atoms with van der Waals surface area (Å²) in [5.41, 5.74) is -1.42. The normalized spacial score (nSPS) is 27.4. The van der Waals surface area contributed by atoms with Crippen LogP contribution in [0.15, 0.2) is 28.2 Å². The molecule has 0 aliphatic heterocycles. The number of hydrogen-bond acceptors (Lipinski definition) is 4. The van der Waals surface area contributed by atoms with E-state index in [2.05, 4.69) is 16.6 Å². The van der Waals surface area contributed by atoms with Crippen molar-refractivity contribution in [3.63, 3.8) is 0 Å². The lowest BCUT2D eigenvalue weighted by atomic mass is 9.78. The molecular weight excluding hydrogens is 280 g/mol. The van der Waals surface area contributed by atoms with Crippen LogP contribution in [0.1, 0.15) is 32.6 Å². The average Bonchev–Trinajstić information content (AvgIpc) is 2.42. The monoisotopic (exact) mass is 300 g/mol. The van der Waals surface area contributed by atoms with Crippen molar-refractivity contribution in [2.75, 3.05) is 6.61 Å².